The van der Waals surface area contributed by atoms with Crippen molar-refractivity contribution in [2.75, 3.05) is 13.1 Å². The molecule has 1 fully saturated rings. The second kappa shape index (κ2) is 8.38. The second-order valence-electron chi connectivity index (χ2n) is 5.55. The number of carbonyl (C=O) groups is 1. The van der Waals surface area contributed by atoms with Gasteiger partial charge in [-0.15, -0.1) is 24.8 Å². The van der Waals surface area contributed by atoms with E-state index in [-0.39, 0.29) is 36.8 Å². The molecule has 128 valence electrons. The summed E-state index contributed by atoms with van der Waals surface area (Å²) in [6, 6.07) is 1.97. The first kappa shape index (κ1) is 19.5. The molecule has 0 aliphatic carbocycles. The number of hydrogen-bond donors (Lipinski definition) is 1. The monoisotopic (exact) mass is 360 g/mol. The lowest BCUT2D eigenvalue weighted by Gasteiger charge is -2.32. The van der Waals surface area contributed by atoms with Gasteiger partial charge in [-0.1, -0.05) is 0 Å². The molecule has 0 spiro atoms. The van der Waals surface area contributed by atoms with Gasteiger partial charge in [-0.3, -0.25) is 9.48 Å². The van der Waals surface area contributed by atoms with Crippen molar-refractivity contribution in [2.45, 2.75) is 32.4 Å². The number of furan rings is 1. The summed E-state index contributed by atoms with van der Waals surface area (Å²) in [6.07, 6.45) is 7.40. The van der Waals surface area contributed by atoms with Crippen molar-refractivity contribution in [3.63, 3.8) is 0 Å². The molecule has 1 amide bonds. The number of nitrogens with zero attached hydrogens (tertiary/aromatic N) is 3. The number of hydrogen-bond acceptors (Lipinski definition) is 4. The first-order valence-electron chi connectivity index (χ1n) is 7.25. The van der Waals surface area contributed by atoms with Gasteiger partial charge in [-0.25, -0.2) is 0 Å². The van der Waals surface area contributed by atoms with Gasteiger partial charge in [-0.05, 0) is 31.4 Å². The molecule has 1 aliphatic heterocycles. The SMILES string of the molecule is Cc1cnn(C2CCCN(C(=O)c3coc(CN)c3)C2)c1.Cl.Cl. The number of amides is 1. The molecule has 0 aromatic carbocycles. The van der Waals surface area contributed by atoms with Crippen molar-refractivity contribution in [1.82, 2.24) is 14.7 Å². The van der Waals surface area contributed by atoms with Gasteiger partial charge in [-0.2, -0.15) is 5.10 Å². The summed E-state index contributed by atoms with van der Waals surface area (Å²) in [5, 5.41) is 4.37. The first-order chi connectivity index (χ1) is 10.2. The van der Waals surface area contributed by atoms with Crippen LogP contribution in [0.1, 0.15) is 40.6 Å². The van der Waals surface area contributed by atoms with E-state index in [2.05, 4.69) is 5.10 Å². The quantitative estimate of drug-likeness (QED) is 0.912. The van der Waals surface area contributed by atoms with Gasteiger partial charge < -0.3 is 15.1 Å². The van der Waals surface area contributed by atoms with Crippen LogP contribution in [0.15, 0.2) is 29.1 Å². The molecule has 0 saturated carbocycles. The molecular formula is C15H22Cl2N4O2. The molecule has 2 aromatic rings. The third kappa shape index (κ3) is 4.28. The predicted molar refractivity (Wildman–Crippen MR) is 92.2 cm³/mol. The van der Waals surface area contributed by atoms with Gasteiger partial charge >= 0.3 is 0 Å². The van der Waals surface area contributed by atoms with Crippen LogP contribution in [0.3, 0.4) is 0 Å². The van der Waals surface area contributed by atoms with Crippen LogP contribution in [0, 0.1) is 6.92 Å². The van der Waals surface area contributed by atoms with Gasteiger partial charge in [0.15, 0.2) is 0 Å². The topological polar surface area (TPSA) is 77.3 Å². The van der Waals surface area contributed by atoms with Crippen LogP contribution < -0.4 is 5.73 Å². The largest absolute Gasteiger partial charge is 0.467 e. The van der Waals surface area contributed by atoms with E-state index >= 15 is 0 Å². The minimum absolute atomic E-state index is 0. The Kier molecular flexibility index (Phi) is 7.12. The van der Waals surface area contributed by atoms with Crippen molar-refractivity contribution in [2.24, 2.45) is 5.73 Å². The van der Waals surface area contributed by atoms with Crippen LogP contribution in [0.2, 0.25) is 0 Å². The molecule has 1 atom stereocenters. The normalized spacial score (nSPS) is 17.3. The number of piperidine rings is 1. The van der Waals surface area contributed by atoms with Crippen LogP contribution in [0.25, 0.3) is 0 Å². The highest BCUT2D eigenvalue weighted by molar-refractivity contribution is 5.94. The highest BCUT2D eigenvalue weighted by Crippen LogP contribution is 2.23. The zero-order chi connectivity index (χ0) is 14.8. The Morgan fingerprint density at radius 3 is 2.87 bits per heavy atom. The molecule has 3 heterocycles. The molecule has 3 rings (SSSR count). The summed E-state index contributed by atoms with van der Waals surface area (Å²) in [5.41, 5.74) is 7.23. The van der Waals surface area contributed by atoms with E-state index < -0.39 is 0 Å². The maximum Gasteiger partial charge on any atom is 0.257 e. The van der Waals surface area contributed by atoms with Crippen LogP contribution in [-0.4, -0.2) is 33.7 Å². The Morgan fingerprint density at radius 1 is 1.48 bits per heavy atom. The Hall–Kier alpha value is -1.50. The Morgan fingerprint density at radius 2 is 2.26 bits per heavy atom. The molecule has 6 nitrogen and oxygen atoms in total. The molecule has 8 heteroatoms. The summed E-state index contributed by atoms with van der Waals surface area (Å²) in [5.74, 6) is 0.640. The highest BCUT2D eigenvalue weighted by Gasteiger charge is 2.26. The predicted octanol–water partition coefficient (Wildman–Crippen LogP) is 2.56. The van der Waals surface area contributed by atoms with E-state index in [0.29, 0.717) is 24.4 Å². The number of aromatic nitrogens is 2. The Labute approximate surface area is 147 Å². The molecule has 23 heavy (non-hydrogen) atoms. The molecular weight excluding hydrogens is 339 g/mol. The maximum absolute atomic E-state index is 12.5. The zero-order valence-corrected chi connectivity index (χ0v) is 14.6. The maximum atomic E-state index is 12.5. The number of likely N-dealkylation sites (tertiary alicyclic amines) is 1. The third-order valence-corrected chi connectivity index (χ3v) is 3.89. The molecule has 1 saturated heterocycles. The Bertz CT molecular complexity index is 641. The first-order valence-corrected chi connectivity index (χ1v) is 7.25. The molecule has 1 unspecified atom stereocenters. The summed E-state index contributed by atoms with van der Waals surface area (Å²) in [4.78, 5) is 14.4. The van der Waals surface area contributed by atoms with E-state index in [1.165, 1.54) is 6.26 Å². The summed E-state index contributed by atoms with van der Waals surface area (Å²) in [7, 11) is 0. The van der Waals surface area contributed by atoms with Crippen molar-refractivity contribution in [1.29, 1.82) is 0 Å². The minimum atomic E-state index is 0. The molecule has 2 aromatic heterocycles. The van der Waals surface area contributed by atoms with E-state index in [1.54, 1.807) is 6.07 Å². The van der Waals surface area contributed by atoms with Crippen LogP contribution in [-0.2, 0) is 6.54 Å². The third-order valence-electron chi connectivity index (χ3n) is 3.89. The summed E-state index contributed by atoms with van der Waals surface area (Å²) < 4.78 is 7.22. The number of carbonyl (C=O) groups excluding carboxylic acids is 1. The fourth-order valence-corrected chi connectivity index (χ4v) is 2.77. The number of rotatable bonds is 3. The smallest absolute Gasteiger partial charge is 0.257 e. The number of aryl methyl sites for hydroxylation is 1. The highest BCUT2D eigenvalue weighted by atomic mass is 35.5. The average Bonchev–Trinajstić information content (AvgIpc) is 3.15. The van der Waals surface area contributed by atoms with E-state index in [9.17, 15) is 4.79 Å². The molecule has 0 radical (unpaired) electrons. The molecule has 0 bridgehead atoms. The van der Waals surface area contributed by atoms with E-state index in [4.69, 9.17) is 10.2 Å². The lowest BCUT2D eigenvalue weighted by Crippen LogP contribution is -2.40. The van der Waals surface area contributed by atoms with Gasteiger partial charge in [0.2, 0.25) is 0 Å². The van der Waals surface area contributed by atoms with Gasteiger partial charge in [0.25, 0.3) is 5.91 Å². The van der Waals surface area contributed by atoms with E-state index in [1.807, 2.05) is 28.9 Å². The van der Waals surface area contributed by atoms with Crippen molar-refractivity contribution < 1.29 is 9.21 Å². The number of halogens is 2. The van der Waals surface area contributed by atoms with Crippen molar-refractivity contribution >= 4 is 30.7 Å². The average molecular weight is 361 g/mol. The van der Waals surface area contributed by atoms with Crippen LogP contribution in [0.5, 0.6) is 0 Å². The minimum Gasteiger partial charge on any atom is -0.467 e. The fraction of sp³-hybridized carbons (Fsp3) is 0.467. The van der Waals surface area contributed by atoms with E-state index in [0.717, 1.165) is 24.9 Å². The zero-order valence-electron chi connectivity index (χ0n) is 13.0. The lowest BCUT2D eigenvalue weighted by molar-refractivity contribution is 0.0672. The van der Waals surface area contributed by atoms with Crippen molar-refractivity contribution in [3.8, 4) is 0 Å². The summed E-state index contributed by atoms with van der Waals surface area (Å²) in [6.45, 7) is 3.79. The van der Waals surface area contributed by atoms with Gasteiger partial charge in [0.05, 0.1) is 24.3 Å². The van der Waals surface area contributed by atoms with Crippen LogP contribution >= 0.6 is 24.8 Å². The number of nitrogens with two attached hydrogens (primary N) is 1. The molecule has 2 N–H and O–H groups in total. The standard InChI is InChI=1S/C15H20N4O2.2ClH/c1-11-7-17-19(8-11)13-3-2-4-18(9-13)15(20)12-5-14(6-16)21-10-12;;/h5,7-8,10,13H,2-4,6,9,16H2,1H3;2*1H. The van der Waals surface area contributed by atoms with Crippen molar-refractivity contribution in [3.05, 3.63) is 41.6 Å². The molecule has 1 aliphatic rings. The Balaban J connectivity index is 0.00000132. The van der Waals surface area contributed by atoms with Gasteiger partial charge in [0.1, 0.15) is 12.0 Å². The second-order valence-corrected chi connectivity index (χ2v) is 5.55. The van der Waals surface area contributed by atoms with Gasteiger partial charge in [0, 0.05) is 19.3 Å². The summed E-state index contributed by atoms with van der Waals surface area (Å²) >= 11 is 0. The lowest BCUT2D eigenvalue weighted by atomic mass is 10.1. The fourth-order valence-electron chi connectivity index (χ4n) is 2.77. The van der Waals surface area contributed by atoms with Crippen LogP contribution in [0.4, 0.5) is 0 Å².